The number of fused-ring (bicyclic) bond motifs is 3. The molecule has 3 aromatic carbocycles. The summed E-state index contributed by atoms with van der Waals surface area (Å²) < 4.78 is 24.6. The maximum atomic E-state index is 11.3. The van der Waals surface area contributed by atoms with E-state index in [0.29, 0.717) is 25.3 Å². The first kappa shape index (κ1) is 43.0. The third kappa shape index (κ3) is 11.0. The average Bonchev–Trinajstić information content (AvgIpc) is 3.40. The van der Waals surface area contributed by atoms with E-state index in [4.69, 9.17) is 9.31 Å². The first-order valence-electron chi connectivity index (χ1n) is 17.8. The summed E-state index contributed by atoms with van der Waals surface area (Å²) in [5.41, 5.74) is 2.85. The summed E-state index contributed by atoms with van der Waals surface area (Å²) in [6.45, 7) is 9.08. The minimum atomic E-state index is -0.478. The van der Waals surface area contributed by atoms with E-state index in [-0.39, 0.29) is 18.4 Å². The van der Waals surface area contributed by atoms with Crippen LogP contribution in [0.5, 0.6) is 0 Å². The van der Waals surface area contributed by atoms with Crippen LogP contribution in [0.2, 0.25) is 0 Å². The van der Waals surface area contributed by atoms with Gasteiger partial charge in [0.2, 0.25) is 0 Å². The molecule has 1 saturated heterocycles. The van der Waals surface area contributed by atoms with Crippen molar-refractivity contribution < 1.29 is 28.4 Å². The SMILES string of the molecule is Brc1cc(Br)c2ccccc2n1.COC(=O)CCNc1cc(B2OC(C)(C)C(C)(C)O2)c2ccccc2n1.COC(=O)CCNc1cc(Br)c2ccccc2n1. The molecule has 292 valence electrons. The number of carbonyl (C=O) groups is 2. The van der Waals surface area contributed by atoms with Crippen LogP contribution in [0, 0.1) is 0 Å². The Hall–Kier alpha value is -4.15. The van der Waals surface area contributed by atoms with Gasteiger partial charge in [-0.25, -0.2) is 15.0 Å². The molecule has 0 atom stereocenters. The van der Waals surface area contributed by atoms with Crippen molar-refractivity contribution in [2.24, 2.45) is 0 Å². The van der Waals surface area contributed by atoms with Gasteiger partial charge < -0.3 is 29.4 Å². The van der Waals surface area contributed by atoms with Crippen LogP contribution in [-0.4, -0.2) is 72.5 Å². The van der Waals surface area contributed by atoms with Crippen molar-refractivity contribution in [2.45, 2.75) is 51.7 Å². The molecule has 0 bridgehead atoms. The molecule has 0 unspecified atom stereocenters. The summed E-state index contributed by atoms with van der Waals surface area (Å²) in [5.74, 6) is 0.925. The molecule has 1 fully saturated rings. The van der Waals surface area contributed by atoms with Crippen LogP contribution in [0.4, 0.5) is 11.6 Å². The third-order valence-corrected chi connectivity index (χ3v) is 11.0. The van der Waals surface area contributed by atoms with Crippen molar-refractivity contribution >= 4 is 117 Å². The molecule has 7 rings (SSSR count). The Morgan fingerprint density at radius 1 is 0.625 bits per heavy atom. The summed E-state index contributed by atoms with van der Waals surface area (Å²) in [6, 6.07) is 29.6. The lowest BCUT2D eigenvalue weighted by atomic mass is 9.77. The smallest absolute Gasteiger partial charge is 0.469 e. The number of hydrogen-bond acceptors (Lipinski definition) is 11. The fraction of sp³-hybridized carbons (Fsp3) is 0.293. The fourth-order valence-electron chi connectivity index (χ4n) is 5.57. The number of benzene rings is 3. The number of esters is 2. The highest BCUT2D eigenvalue weighted by Gasteiger charge is 2.52. The molecule has 1 aliphatic heterocycles. The van der Waals surface area contributed by atoms with Gasteiger partial charge in [0.15, 0.2) is 0 Å². The zero-order valence-corrected chi connectivity index (χ0v) is 36.7. The van der Waals surface area contributed by atoms with Gasteiger partial charge in [0.1, 0.15) is 16.2 Å². The van der Waals surface area contributed by atoms with Gasteiger partial charge in [-0.05, 0) is 117 Å². The molecule has 0 saturated carbocycles. The first-order chi connectivity index (χ1) is 26.7. The lowest BCUT2D eigenvalue weighted by Gasteiger charge is -2.32. The molecule has 0 radical (unpaired) electrons. The lowest BCUT2D eigenvalue weighted by Crippen LogP contribution is -2.41. The topological polar surface area (TPSA) is 134 Å². The molecular weight excluding hydrogens is 909 g/mol. The number of halogens is 3. The van der Waals surface area contributed by atoms with Gasteiger partial charge in [-0.15, -0.1) is 0 Å². The molecule has 0 amide bonds. The molecule has 3 aromatic heterocycles. The van der Waals surface area contributed by atoms with E-state index in [9.17, 15) is 9.59 Å². The van der Waals surface area contributed by atoms with Gasteiger partial charge in [0, 0.05) is 38.2 Å². The minimum absolute atomic E-state index is 0.234. The summed E-state index contributed by atoms with van der Waals surface area (Å²) in [5, 5.41) is 9.48. The Morgan fingerprint density at radius 3 is 1.54 bits per heavy atom. The van der Waals surface area contributed by atoms with Crippen molar-refractivity contribution in [3.8, 4) is 0 Å². The Balaban J connectivity index is 0.000000173. The standard InChI is InChI=1S/C19H25BN2O4.C13H13BrN2O2.C9H5Br2N/c1-18(2)19(3,4)26-20(25-18)14-12-16(21-11-10-17(23)24-5)22-15-9-7-6-8-13(14)15;1-18-13(17)6-7-15-12-8-10(14)9-4-2-3-5-11(9)16-12;10-7-5-9(11)12-8-4-2-1-3-6(7)8/h6-9,12H,10-11H2,1-5H3,(H,21,22);2-5,8H,6-7H2,1H3,(H,15,16);1-5H. The Kier molecular flexibility index (Phi) is 14.8. The maximum Gasteiger partial charge on any atom is 0.495 e. The van der Waals surface area contributed by atoms with E-state index < -0.39 is 18.3 Å². The Bertz CT molecular complexity index is 2310. The number of pyridine rings is 3. The molecule has 56 heavy (non-hydrogen) atoms. The van der Waals surface area contributed by atoms with Crippen LogP contribution in [0.3, 0.4) is 0 Å². The molecule has 1 aliphatic rings. The van der Waals surface area contributed by atoms with E-state index in [1.807, 2.05) is 119 Å². The van der Waals surface area contributed by atoms with Gasteiger partial charge in [0.05, 0.1) is 54.8 Å². The number of rotatable bonds is 9. The zero-order chi connectivity index (χ0) is 40.5. The Labute approximate surface area is 352 Å². The second-order valence-electron chi connectivity index (χ2n) is 13.7. The van der Waals surface area contributed by atoms with E-state index >= 15 is 0 Å². The highest BCUT2D eigenvalue weighted by Crippen LogP contribution is 2.37. The monoisotopic (exact) mass is 949 g/mol. The number of nitrogens with one attached hydrogen (secondary N) is 2. The molecule has 11 nitrogen and oxygen atoms in total. The Morgan fingerprint density at radius 2 is 1.04 bits per heavy atom. The molecular formula is C41H43BBr3N5O6. The number of anilines is 2. The second kappa shape index (κ2) is 19.3. The number of nitrogens with zero attached hydrogens (tertiary/aromatic N) is 3. The molecule has 2 N–H and O–H groups in total. The van der Waals surface area contributed by atoms with Gasteiger partial charge in [0.25, 0.3) is 0 Å². The zero-order valence-electron chi connectivity index (χ0n) is 32.0. The van der Waals surface area contributed by atoms with Crippen molar-refractivity contribution in [2.75, 3.05) is 37.9 Å². The molecule has 6 aromatic rings. The van der Waals surface area contributed by atoms with E-state index in [1.54, 1.807) is 0 Å². The predicted octanol–water partition coefficient (Wildman–Crippen LogP) is 9.24. The normalized spacial score (nSPS) is 14.0. The quantitative estimate of drug-likeness (QED) is 0.0817. The van der Waals surface area contributed by atoms with Crippen molar-refractivity contribution in [3.63, 3.8) is 0 Å². The molecule has 15 heteroatoms. The largest absolute Gasteiger partial charge is 0.495 e. The lowest BCUT2D eigenvalue weighted by molar-refractivity contribution is -0.141. The average molecular weight is 952 g/mol. The number of para-hydroxylation sites is 3. The summed E-state index contributed by atoms with van der Waals surface area (Å²) >= 11 is 10.3. The highest BCUT2D eigenvalue weighted by molar-refractivity contribution is 9.11. The molecule has 4 heterocycles. The van der Waals surface area contributed by atoms with Gasteiger partial charge in [-0.3, -0.25) is 9.59 Å². The number of hydrogen-bond donors (Lipinski definition) is 2. The van der Waals surface area contributed by atoms with Crippen LogP contribution in [-0.2, 0) is 28.4 Å². The van der Waals surface area contributed by atoms with Crippen LogP contribution in [0.1, 0.15) is 40.5 Å². The van der Waals surface area contributed by atoms with Crippen LogP contribution in [0.15, 0.2) is 105 Å². The number of methoxy groups -OCH3 is 2. The summed E-state index contributed by atoms with van der Waals surface area (Å²) in [7, 11) is 2.29. The number of aromatic nitrogens is 3. The van der Waals surface area contributed by atoms with Crippen LogP contribution >= 0.6 is 47.8 Å². The number of ether oxygens (including phenoxy) is 2. The van der Waals surface area contributed by atoms with E-state index in [1.165, 1.54) is 14.2 Å². The van der Waals surface area contributed by atoms with E-state index in [0.717, 1.165) is 57.5 Å². The highest BCUT2D eigenvalue weighted by atomic mass is 79.9. The third-order valence-electron chi connectivity index (χ3n) is 9.28. The summed E-state index contributed by atoms with van der Waals surface area (Å²) in [6.07, 6.45) is 0.597. The predicted molar refractivity (Wildman–Crippen MR) is 234 cm³/mol. The molecule has 0 aliphatic carbocycles. The van der Waals surface area contributed by atoms with Crippen molar-refractivity contribution in [1.29, 1.82) is 0 Å². The fourth-order valence-corrected chi connectivity index (χ4v) is 7.40. The first-order valence-corrected chi connectivity index (χ1v) is 20.2. The number of carbonyl (C=O) groups excluding carboxylic acids is 2. The van der Waals surface area contributed by atoms with Gasteiger partial charge >= 0.3 is 19.1 Å². The van der Waals surface area contributed by atoms with Crippen molar-refractivity contribution in [1.82, 2.24) is 15.0 Å². The maximum absolute atomic E-state index is 11.3. The van der Waals surface area contributed by atoms with Crippen LogP contribution < -0.4 is 16.1 Å². The van der Waals surface area contributed by atoms with Gasteiger partial charge in [-0.1, -0.05) is 54.6 Å². The molecule has 0 spiro atoms. The minimum Gasteiger partial charge on any atom is -0.469 e. The second-order valence-corrected chi connectivity index (χ2v) is 16.2. The summed E-state index contributed by atoms with van der Waals surface area (Å²) in [4.78, 5) is 35.7. The van der Waals surface area contributed by atoms with Gasteiger partial charge in [-0.2, -0.15) is 0 Å². The van der Waals surface area contributed by atoms with Crippen molar-refractivity contribution in [3.05, 3.63) is 105 Å². The van der Waals surface area contributed by atoms with E-state index in [2.05, 4.69) is 82.8 Å². The van der Waals surface area contributed by atoms with Crippen LogP contribution in [0.25, 0.3) is 32.7 Å².